The minimum absolute atomic E-state index is 0.0550. The summed E-state index contributed by atoms with van der Waals surface area (Å²) in [5.74, 6) is -4.63. The number of carbonyl (C=O) groups excluding carboxylic acids is 5. The van der Waals surface area contributed by atoms with Crippen LogP contribution in [0.5, 0.6) is 0 Å². The quantitative estimate of drug-likeness (QED) is 0.126. The van der Waals surface area contributed by atoms with E-state index in [0.29, 0.717) is 76.4 Å². The van der Waals surface area contributed by atoms with Gasteiger partial charge in [-0.2, -0.15) is 13.2 Å². The van der Waals surface area contributed by atoms with Crippen molar-refractivity contribution in [3.63, 3.8) is 0 Å². The Labute approximate surface area is 347 Å². The Hall–Kier alpha value is -4.62. The Kier molecular flexibility index (Phi) is 11.8. The lowest BCUT2D eigenvalue weighted by molar-refractivity contribution is -0.144. The van der Waals surface area contributed by atoms with E-state index < -0.39 is 46.2 Å². The van der Waals surface area contributed by atoms with Gasteiger partial charge in [-0.3, -0.25) is 28.9 Å². The number of alkyl halides is 5. The molecule has 0 aromatic heterocycles. The molecule has 324 valence electrons. The molecule has 5 aliphatic rings. The number of likely N-dealkylation sites (tertiary alicyclic amines) is 1. The van der Waals surface area contributed by atoms with Crippen LogP contribution >= 0.6 is 0 Å². The molecule has 8 atom stereocenters. The highest BCUT2D eigenvalue weighted by atomic mass is 19.4. The van der Waals surface area contributed by atoms with Crippen molar-refractivity contribution in [3.8, 4) is 0 Å². The van der Waals surface area contributed by atoms with Crippen molar-refractivity contribution in [2.45, 2.75) is 123 Å². The van der Waals surface area contributed by atoms with Gasteiger partial charge in [-0.1, -0.05) is 51.5 Å². The number of hydrogen-bond acceptors (Lipinski definition) is 5. The van der Waals surface area contributed by atoms with Gasteiger partial charge >= 0.3 is 6.18 Å². The summed E-state index contributed by atoms with van der Waals surface area (Å²) in [5.41, 5.74) is -1.51. The number of hydrogen-bond donors (Lipinski definition) is 2. The van der Waals surface area contributed by atoms with Gasteiger partial charge in [-0.25, -0.2) is 8.78 Å². The van der Waals surface area contributed by atoms with Gasteiger partial charge in [0.1, 0.15) is 0 Å². The minimum atomic E-state index is -4.76. The normalized spacial score (nSPS) is 30.2. The number of halogens is 5. The Morgan fingerprint density at radius 2 is 1.60 bits per heavy atom. The highest BCUT2D eigenvalue weighted by Crippen LogP contribution is 2.65. The second kappa shape index (κ2) is 16.3. The molecule has 0 spiro atoms. The lowest BCUT2D eigenvalue weighted by atomic mass is 9.47. The maximum absolute atomic E-state index is 14.5. The highest BCUT2D eigenvalue weighted by molar-refractivity contribution is 6.03. The third-order valence-corrected chi connectivity index (χ3v) is 14.7. The molecule has 2 aromatic rings. The molecule has 2 N–H and O–H groups in total. The molecule has 1 saturated heterocycles. The van der Waals surface area contributed by atoms with Crippen LogP contribution in [0.4, 0.5) is 33.3 Å². The van der Waals surface area contributed by atoms with Gasteiger partial charge in [0.15, 0.2) is 0 Å². The molecule has 2 heterocycles. The summed E-state index contributed by atoms with van der Waals surface area (Å²) in [6.07, 6.45) is 5.88. The van der Waals surface area contributed by atoms with Gasteiger partial charge in [0.05, 0.1) is 11.3 Å². The number of nitrogens with one attached hydrogen (secondary N) is 2. The largest absolute Gasteiger partial charge is 0.416 e. The SMILES string of the molecule is CC1CC(=O)N(CCCCCC(=O)Nc2ccc(CN3C(=O)C=C[C@]4(C)[C@H]5CC[C@]6(C)[C@@H](C(=O)Nc7cc(C(F)(F)F)ccc7C(C)(F)F)CC[C@H]6[C@@H]5CC[C@@H]34)cc2)C1=O. The fourth-order valence-corrected chi connectivity index (χ4v) is 11.6. The summed E-state index contributed by atoms with van der Waals surface area (Å²) in [5, 5.41) is 5.44. The zero-order chi connectivity index (χ0) is 43.4. The van der Waals surface area contributed by atoms with E-state index in [1.165, 1.54) is 4.90 Å². The van der Waals surface area contributed by atoms with E-state index in [1.807, 2.05) is 29.2 Å². The summed E-state index contributed by atoms with van der Waals surface area (Å²) in [7, 11) is 0. The van der Waals surface area contributed by atoms with Gasteiger partial charge in [-0.15, -0.1) is 0 Å². The number of anilines is 2. The second-order valence-electron chi connectivity index (χ2n) is 18.5. The van der Waals surface area contributed by atoms with Gasteiger partial charge in [0.25, 0.3) is 5.92 Å². The number of rotatable bonds is 12. The van der Waals surface area contributed by atoms with Crippen LogP contribution < -0.4 is 10.6 Å². The monoisotopic (exact) mass is 838 g/mol. The number of carbonyl (C=O) groups is 5. The molecule has 7 rings (SSSR count). The van der Waals surface area contributed by atoms with E-state index >= 15 is 0 Å². The van der Waals surface area contributed by atoms with Crippen molar-refractivity contribution < 1.29 is 45.9 Å². The first-order chi connectivity index (χ1) is 28.2. The number of fused-ring (bicyclic) bond motifs is 5. The van der Waals surface area contributed by atoms with Crippen molar-refractivity contribution in [1.29, 1.82) is 0 Å². The van der Waals surface area contributed by atoms with Gasteiger partial charge in [0.2, 0.25) is 29.5 Å². The molecule has 0 radical (unpaired) electrons. The van der Waals surface area contributed by atoms with Crippen molar-refractivity contribution in [2.75, 3.05) is 17.2 Å². The molecule has 5 amide bonds. The molecule has 2 aromatic carbocycles. The van der Waals surface area contributed by atoms with Crippen LogP contribution in [0.2, 0.25) is 0 Å². The topological polar surface area (TPSA) is 116 Å². The second-order valence-corrected chi connectivity index (χ2v) is 18.5. The van der Waals surface area contributed by atoms with Crippen molar-refractivity contribution >= 4 is 40.9 Å². The number of nitrogens with zero attached hydrogens (tertiary/aromatic N) is 2. The van der Waals surface area contributed by atoms with Crippen LogP contribution in [0.1, 0.15) is 115 Å². The van der Waals surface area contributed by atoms with Gasteiger partial charge in [-0.05, 0) is 110 Å². The summed E-state index contributed by atoms with van der Waals surface area (Å²) < 4.78 is 69.8. The number of unbranched alkanes of at least 4 members (excludes halogenated alkanes) is 2. The Balaban J connectivity index is 0.953. The van der Waals surface area contributed by atoms with Crippen LogP contribution in [0.3, 0.4) is 0 Å². The third-order valence-electron chi connectivity index (χ3n) is 14.7. The zero-order valence-corrected chi connectivity index (χ0v) is 34.7. The van der Waals surface area contributed by atoms with E-state index in [4.69, 9.17) is 0 Å². The smallest absolute Gasteiger partial charge is 0.331 e. The molecule has 14 heteroatoms. The molecular weight excluding hydrogens is 784 g/mol. The summed E-state index contributed by atoms with van der Waals surface area (Å²) in [6, 6.07) is 9.38. The van der Waals surface area contributed by atoms with Crippen LogP contribution in [0, 0.1) is 40.4 Å². The van der Waals surface area contributed by atoms with Gasteiger partial charge < -0.3 is 15.5 Å². The summed E-state index contributed by atoms with van der Waals surface area (Å²) >= 11 is 0. The predicted molar refractivity (Wildman–Crippen MR) is 215 cm³/mol. The first-order valence-corrected chi connectivity index (χ1v) is 21.3. The fraction of sp³-hybridized carbons (Fsp3) is 0.587. The van der Waals surface area contributed by atoms with E-state index in [0.717, 1.165) is 37.3 Å². The number of amides is 5. The highest BCUT2D eigenvalue weighted by Gasteiger charge is 2.62. The molecule has 3 aliphatic carbocycles. The molecule has 1 unspecified atom stereocenters. The average molecular weight is 839 g/mol. The Morgan fingerprint density at radius 3 is 2.27 bits per heavy atom. The zero-order valence-electron chi connectivity index (χ0n) is 34.7. The van der Waals surface area contributed by atoms with E-state index in [2.05, 4.69) is 30.6 Å². The fourth-order valence-electron chi connectivity index (χ4n) is 11.6. The van der Waals surface area contributed by atoms with Crippen LogP contribution in [-0.4, -0.2) is 51.9 Å². The maximum Gasteiger partial charge on any atom is 0.416 e. The third kappa shape index (κ3) is 8.36. The summed E-state index contributed by atoms with van der Waals surface area (Å²) in [4.78, 5) is 67.4. The van der Waals surface area contributed by atoms with Crippen LogP contribution in [0.15, 0.2) is 54.6 Å². The van der Waals surface area contributed by atoms with Crippen molar-refractivity contribution in [1.82, 2.24) is 9.80 Å². The lowest BCUT2D eigenvalue weighted by Gasteiger charge is -2.60. The summed E-state index contributed by atoms with van der Waals surface area (Å²) in [6.45, 7) is 7.43. The first kappa shape index (κ1) is 43.5. The van der Waals surface area contributed by atoms with Gasteiger partial charge in [0, 0.05) is 67.4 Å². The standard InChI is InChI=1S/C46H55F5N4O5/c1-27-24-40(58)54(42(27)60)23-7-5-6-8-38(56)52-30-12-9-28(10-13-30)26-55-37-18-14-31-32-16-17-35(43(32,2)21-19-33(31)44(37,3)22-20-39(55)57)41(59)53-36-25-29(46(49,50)51)11-15-34(36)45(4,47)48/h9-13,15,20,22,25,27,31-33,35,37H,5-8,14,16-19,21,23-24,26H2,1-4H3,(H,52,56)(H,53,59)/t27?,31-,32-,33-,35+,37+,43-,44+/m0/s1. The molecule has 0 bridgehead atoms. The predicted octanol–water partition coefficient (Wildman–Crippen LogP) is 9.48. The molecule has 3 saturated carbocycles. The molecule has 4 fully saturated rings. The van der Waals surface area contributed by atoms with Crippen LogP contribution in [0.25, 0.3) is 0 Å². The van der Waals surface area contributed by atoms with Crippen molar-refractivity contribution in [3.05, 3.63) is 71.3 Å². The lowest BCUT2D eigenvalue weighted by Crippen LogP contribution is -2.60. The average Bonchev–Trinajstić information content (AvgIpc) is 3.66. The van der Waals surface area contributed by atoms with E-state index in [-0.39, 0.29) is 65.2 Å². The molecule has 2 aliphatic heterocycles. The van der Waals surface area contributed by atoms with Crippen molar-refractivity contribution in [2.24, 2.45) is 40.4 Å². The number of imide groups is 1. The Morgan fingerprint density at radius 1 is 0.867 bits per heavy atom. The van der Waals surface area contributed by atoms with E-state index in [1.54, 1.807) is 13.0 Å². The first-order valence-electron chi connectivity index (χ1n) is 21.3. The maximum atomic E-state index is 14.5. The molecular formula is C46H55F5N4O5. The van der Waals surface area contributed by atoms with Crippen LogP contribution in [-0.2, 0) is 42.6 Å². The molecule has 9 nitrogen and oxygen atoms in total. The Bertz CT molecular complexity index is 2050. The van der Waals surface area contributed by atoms with E-state index in [9.17, 15) is 45.9 Å². The number of benzene rings is 2. The molecule has 60 heavy (non-hydrogen) atoms. The minimum Gasteiger partial charge on any atom is -0.331 e.